The third kappa shape index (κ3) is 4.30. The molecule has 2 N–H and O–H groups in total. The van der Waals surface area contributed by atoms with E-state index in [-0.39, 0.29) is 11.6 Å². The van der Waals surface area contributed by atoms with Crippen molar-refractivity contribution in [2.24, 2.45) is 0 Å². The first-order valence-corrected chi connectivity index (χ1v) is 8.21. The zero-order valence-corrected chi connectivity index (χ0v) is 14.9. The minimum absolute atomic E-state index is 0.120. The molecule has 0 fully saturated rings. The average molecular weight is 366 g/mol. The van der Waals surface area contributed by atoms with Crippen LogP contribution in [0.3, 0.4) is 0 Å². The number of nitrogens with zero attached hydrogens (tertiary/aromatic N) is 2. The van der Waals surface area contributed by atoms with Gasteiger partial charge in [0.25, 0.3) is 11.8 Å². The van der Waals surface area contributed by atoms with E-state index < -0.39 is 18.5 Å². The molecular weight excluding hydrogens is 348 g/mol. The summed E-state index contributed by atoms with van der Waals surface area (Å²) in [6, 6.07) is 10.2. The smallest absolute Gasteiger partial charge is 0.359 e. The Bertz CT molecular complexity index is 1030. The van der Waals surface area contributed by atoms with Gasteiger partial charge in [-0.3, -0.25) is 9.59 Å². The van der Waals surface area contributed by atoms with Crippen LogP contribution in [0.1, 0.15) is 26.4 Å². The highest BCUT2D eigenvalue weighted by atomic mass is 16.5. The zero-order chi connectivity index (χ0) is 19.4. The molecular formula is C19H18N4O4. The molecule has 138 valence electrons. The van der Waals surface area contributed by atoms with Crippen molar-refractivity contribution in [1.29, 1.82) is 0 Å². The summed E-state index contributed by atoms with van der Waals surface area (Å²) in [4.78, 5) is 39.9. The summed E-state index contributed by atoms with van der Waals surface area (Å²) in [5.74, 6) is -1.47. The number of anilines is 1. The van der Waals surface area contributed by atoms with Crippen LogP contribution >= 0.6 is 0 Å². The fourth-order valence-corrected chi connectivity index (χ4v) is 2.47. The predicted octanol–water partition coefficient (Wildman–Crippen LogP) is 1.80. The van der Waals surface area contributed by atoms with Gasteiger partial charge in [0.1, 0.15) is 5.65 Å². The number of pyridine rings is 1. The van der Waals surface area contributed by atoms with Crippen LogP contribution in [-0.4, -0.2) is 40.8 Å². The summed E-state index contributed by atoms with van der Waals surface area (Å²) in [6.07, 6.45) is 3.34. The van der Waals surface area contributed by atoms with Crippen molar-refractivity contribution in [3.63, 3.8) is 0 Å². The maximum Gasteiger partial charge on any atom is 0.359 e. The van der Waals surface area contributed by atoms with Gasteiger partial charge in [0.05, 0.1) is 0 Å². The molecule has 0 radical (unpaired) electrons. The fraction of sp³-hybridized carbons (Fsp3) is 0.158. The molecule has 2 amide bonds. The number of nitrogens with one attached hydrogen (secondary N) is 2. The van der Waals surface area contributed by atoms with E-state index in [0.717, 1.165) is 5.56 Å². The second-order valence-corrected chi connectivity index (χ2v) is 5.88. The van der Waals surface area contributed by atoms with Crippen LogP contribution in [0.4, 0.5) is 5.69 Å². The van der Waals surface area contributed by atoms with Crippen molar-refractivity contribution < 1.29 is 19.1 Å². The third-order valence-corrected chi connectivity index (χ3v) is 3.79. The molecule has 8 heteroatoms. The largest absolute Gasteiger partial charge is 0.451 e. The van der Waals surface area contributed by atoms with Gasteiger partial charge in [-0.2, -0.15) is 0 Å². The van der Waals surface area contributed by atoms with Gasteiger partial charge in [0, 0.05) is 30.7 Å². The predicted molar refractivity (Wildman–Crippen MR) is 98.7 cm³/mol. The Morgan fingerprint density at radius 3 is 2.78 bits per heavy atom. The summed E-state index contributed by atoms with van der Waals surface area (Å²) >= 11 is 0. The number of amides is 2. The SMILES string of the molecule is CNC(=O)c1cccc(NC(=O)COC(=O)c2cn3ccc(C)cc3n2)c1. The monoisotopic (exact) mass is 366 g/mol. The number of ether oxygens (including phenoxy) is 1. The molecule has 0 saturated heterocycles. The van der Waals surface area contributed by atoms with Crippen LogP contribution in [0.5, 0.6) is 0 Å². The summed E-state index contributed by atoms with van der Waals surface area (Å²) in [7, 11) is 1.52. The van der Waals surface area contributed by atoms with Gasteiger partial charge in [-0.15, -0.1) is 0 Å². The van der Waals surface area contributed by atoms with Gasteiger partial charge in [-0.25, -0.2) is 9.78 Å². The quantitative estimate of drug-likeness (QED) is 0.671. The van der Waals surface area contributed by atoms with Crippen molar-refractivity contribution in [2.45, 2.75) is 6.92 Å². The Morgan fingerprint density at radius 2 is 2.00 bits per heavy atom. The Labute approximate surface area is 155 Å². The summed E-state index contributed by atoms with van der Waals surface area (Å²) in [6.45, 7) is 1.46. The van der Waals surface area contributed by atoms with Crippen molar-refractivity contribution in [3.8, 4) is 0 Å². The molecule has 0 aliphatic carbocycles. The summed E-state index contributed by atoms with van der Waals surface area (Å²) in [5.41, 5.74) is 2.60. The molecule has 1 aromatic carbocycles. The van der Waals surface area contributed by atoms with Gasteiger partial charge >= 0.3 is 5.97 Å². The number of imidazole rings is 1. The molecule has 3 rings (SSSR count). The van der Waals surface area contributed by atoms with E-state index in [1.165, 1.54) is 13.1 Å². The molecule has 2 heterocycles. The number of carbonyl (C=O) groups is 3. The molecule has 0 bridgehead atoms. The lowest BCUT2D eigenvalue weighted by molar-refractivity contribution is -0.119. The zero-order valence-electron chi connectivity index (χ0n) is 14.9. The average Bonchev–Trinajstić information content (AvgIpc) is 3.09. The lowest BCUT2D eigenvalue weighted by Crippen LogP contribution is -2.22. The van der Waals surface area contributed by atoms with Gasteiger partial charge in [0.15, 0.2) is 12.3 Å². The first-order valence-electron chi connectivity index (χ1n) is 8.21. The Kier molecular flexibility index (Phi) is 5.16. The van der Waals surface area contributed by atoms with Crippen molar-refractivity contribution in [1.82, 2.24) is 14.7 Å². The minimum atomic E-state index is -0.689. The molecule has 0 saturated carbocycles. The molecule has 0 aliphatic heterocycles. The number of carbonyl (C=O) groups excluding carboxylic acids is 3. The molecule has 0 unspecified atom stereocenters. The van der Waals surface area contributed by atoms with E-state index in [0.29, 0.717) is 16.9 Å². The summed E-state index contributed by atoms with van der Waals surface area (Å²) in [5, 5.41) is 5.08. The topological polar surface area (TPSA) is 102 Å². The number of aryl methyl sites for hydroxylation is 1. The maximum absolute atomic E-state index is 12.1. The van der Waals surface area contributed by atoms with Gasteiger partial charge in [0.2, 0.25) is 0 Å². The molecule has 0 spiro atoms. The Balaban J connectivity index is 1.59. The van der Waals surface area contributed by atoms with Crippen LogP contribution in [0, 0.1) is 6.92 Å². The van der Waals surface area contributed by atoms with E-state index in [2.05, 4.69) is 15.6 Å². The van der Waals surface area contributed by atoms with Crippen LogP contribution in [0.25, 0.3) is 5.65 Å². The van der Waals surface area contributed by atoms with Crippen molar-refractivity contribution in [2.75, 3.05) is 19.0 Å². The number of aromatic nitrogens is 2. The highest BCUT2D eigenvalue weighted by molar-refractivity contribution is 5.98. The van der Waals surface area contributed by atoms with E-state index in [9.17, 15) is 14.4 Å². The number of fused-ring (bicyclic) bond motifs is 1. The van der Waals surface area contributed by atoms with E-state index in [4.69, 9.17) is 4.74 Å². The first kappa shape index (κ1) is 18.1. The lowest BCUT2D eigenvalue weighted by atomic mass is 10.2. The number of esters is 1. The second-order valence-electron chi connectivity index (χ2n) is 5.88. The van der Waals surface area contributed by atoms with Gasteiger partial charge in [-0.05, 0) is 42.8 Å². The third-order valence-electron chi connectivity index (χ3n) is 3.79. The molecule has 27 heavy (non-hydrogen) atoms. The van der Waals surface area contributed by atoms with Crippen LogP contribution in [0.2, 0.25) is 0 Å². The molecule has 0 aliphatic rings. The highest BCUT2D eigenvalue weighted by Gasteiger charge is 2.14. The van der Waals surface area contributed by atoms with Gasteiger partial charge in [-0.1, -0.05) is 6.07 Å². The number of hydrogen-bond acceptors (Lipinski definition) is 5. The Hall–Kier alpha value is -3.68. The van der Waals surface area contributed by atoms with E-state index >= 15 is 0 Å². The van der Waals surface area contributed by atoms with E-state index in [1.807, 2.05) is 19.1 Å². The van der Waals surface area contributed by atoms with Crippen molar-refractivity contribution in [3.05, 3.63) is 65.6 Å². The molecule has 3 aromatic rings. The number of benzene rings is 1. The normalized spacial score (nSPS) is 10.4. The maximum atomic E-state index is 12.1. The van der Waals surface area contributed by atoms with Gasteiger partial charge < -0.3 is 19.8 Å². The highest BCUT2D eigenvalue weighted by Crippen LogP contribution is 2.11. The van der Waals surface area contributed by atoms with Crippen LogP contribution in [0.15, 0.2) is 48.8 Å². The van der Waals surface area contributed by atoms with E-state index in [1.54, 1.807) is 35.0 Å². The first-order chi connectivity index (χ1) is 13.0. The second kappa shape index (κ2) is 7.69. The fourth-order valence-electron chi connectivity index (χ4n) is 2.47. The summed E-state index contributed by atoms with van der Waals surface area (Å²) < 4.78 is 6.72. The molecule has 0 atom stereocenters. The van der Waals surface area contributed by atoms with Crippen LogP contribution < -0.4 is 10.6 Å². The minimum Gasteiger partial charge on any atom is -0.451 e. The number of hydrogen-bond donors (Lipinski definition) is 2. The lowest BCUT2D eigenvalue weighted by Gasteiger charge is -2.07. The van der Waals surface area contributed by atoms with Crippen molar-refractivity contribution >= 4 is 29.1 Å². The standard InChI is InChI=1S/C19H18N4O4/c1-12-6-7-23-10-15(22-16(23)8-12)19(26)27-11-17(24)21-14-5-3-4-13(9-14)18(25)20-2/h3-10H,11H2,1-2H3,(H,20,25)(H,21,24). The van der Waals surface area contributed by atoms with Crippen LogP contribution in [-0.2, 0) is 9.53 Å². The Morgan fingerprint density at radius 1 is 1.19 bits per heavy atom. The molecule has 8 nitrogen and oxygen atoms in total. The molecule has 2 aromatic heterocycles. The number of rotatable bonds is 5.